The maximum atomic E-state index is 12.5. The van der Waals surface area contributed by atoms with Gasteiger partial charge in [-0.3, -0.25) is 4.79 Å². The number of ether oxygens (including phenoxy) is 3. The summed E-state index contributed by atoms with van der Waals surface area (Å²) in [7, 11) is 4.58. The van der Waals surface area contributed by atoms with E-state index in [4.69, 9.17) is 14.2 Å². The molecule has 0 spiro atoms. The molecule has 0 saturated heterocycles. The van der Waals surface area contributed by atoms with Crippen molar-refractivity contribution in [2.45, 2.75) is 6.92 Å². The zero-order valence-corrected chi connectivity index (χ0v) is 12.6. The minimum Gasteiger partial charge on any atom is -0.493 e. The van der Waals surface area contributed by atoms with Crippen molar-refractivity contribution in [2.75, 3.05) is 21.3 Å². The van der Waals surface area contributed by atoms with E-state index in [0.29, 0.717) is 28.4 Å². The maximum absolute atomic E-state index is 12.5. The fourth-order valence-corrected chi connectivity index (χ4v) is 2.08. The van der Waals surface area contributed by atoms with Crippen molar-refractivity contribution in [2.24, 2.45) is 0 Å². The molecule has 0 aliphatic rings. The Labute approximate surface area is 124 Å². The highest BCUT2D eigenvalue weighted by molar-refractivity contribution is 6.09. The lowest BCUT2D eigenvalue weighted by Crippen LogP contribution is -2.04. The standard InChI is InChI=1S/C17H18O4/c1-11-5-7-12(8-6-11)16(18)13-9-14(19-2)17(21-4)15(10-13)20-3/h5-10H,1-4H3. The van der Waals surface area contributed by atoms with E-state index in [2.05, 4.69) is 0 Å². The van der Waals surface area contributed by atoms with Gasteiger partial charge in [0.1, 0.15) is 0 Å². The first-order valence-corrected chi connectivity index (χ1v) is 6.52. The van der Waals surface area contributed by atoms with Gasteiger partial charge in [0.25, 0.3) is 0 Å². The molecule has 2 rings (SSSR count). The van der Waals surface area contributed by atoms with Gasteiger partial charge in [0.15, 0.2) is 17.3 Å². The molecule has 0 aliphatic heterocycles. The molecule has 110 valence electrons. The molecular weight excluding hydrogens is 268 g/mol. The summed E-state index contributed by atoms with van der Waals surface area (Å²) in [4.78, 5) is 12.5. The van der Waals surface area contributed by atoms with E-state index in [9.17, 15) is 4.79 Å². The number of hydrogen-bond acceptors (Lipinski definition) is 4. The van der Waals surface area contributed by atoms with Crippen molar-refractivity contribution in [3.8, 4) is 17.2 Å². The topological polar surface area (TPSA) is 44.8 Å². The fourth-order valence-electron chi connectivity index (χ4n) is 2.08. The lowest BCUT2D eigenvalue weighted by Gasteiger charge is -2.13. The smallest absolute Gasteiger partial charge is 0.203 e. The Morgan fingerprint density at radius 2 is 1.33 bits per heavy atom. The number of aryl methyl sites for hydroxylation is 1. The number of rotatable bonds is 5. The monoisotopic (exact) mass is 286 g/mol. The van der Waals surface area contributed by atoms with Gasteiger partial charge in [-0.2, -0.15) is 0 Å². The van der Waals surface area contributed by atoms with Crippen molar-refractivity contribution in [1.29, 1.82) is 0 Å². The zero-order chi connectivity index (χ0) is 15.4. The summed E-state index contributed by atoms with van der Waals surface area (Å²) in [6.45, 7) is 1.98. The average Bonchev–Trinajstić information content (AvgIpc) is 2.53. The summed E-state index contributed by atoms with van der Waals surface area (Å²) in [5.41, 5.74) is 2.22. The van der Waals surface area contributed by atoms with E-state index >= 15 is 0 Å². The van der Waals surface area contributed by atoms with Gasteiger partial charge in [0.05, 0.1) is 21.3 Å². The SMILES string of the molecule is COc1cc(C(=O)c2ccc(C)cc2)cc(OC)c1OC. The van der Waals surface area contributed by atoms with Crippen LogP contribution in [0.25, 0.3) is 0 Å². The van der Waals surface area contributed by atoms with Crippen LogP contribution >= 0.6 is 0 Å². The summed E-state index contributed by atoms with van der Waals surface area (Å²) in [5.74, 6) is 1.31. The predicted octanol–water partition coefficient (Wildman–Crippen LogP) is 3.25. The Bertz CT molecular complexity index is 619. The van der Waals surface area contributed by atoms with Crippen LogP contribution in [0, 0.1) is 6.92 Å². The van der Waals surface area contributed by atoms with Crippen LogP contribution in [0.4, 0.5) is 0 Å². The number of hydrogen-bond donors (Lipinski definition) is 0. The van der Waals surface area contributed by atoms with Crippen molar-refractivity contribution in [3.63, 3.8) is 0 Å². The molecule has 0 radical (unpaired) electrons. The first-order valence-electron chi connectivity index (χ1n) is 6.52. The zero-order valence-electron chi connectivity index (χ0n) is 12.6. The van der Waals surface area contributed by atoms with Crippen LogP contribution in [-0.4, -0.2) is 27.1 Å². The van der Waals surface area contributed by atoms with Gasteiger partial charge >= 0.3 is 0 Å². The highest BCUT2D eigenvalue weighted by Gasteiger charge is 2.17. The molecule has 0 aromatic heterocycles. The second-order valence-corrected chi connectivity index (χ2v) is 4.61. The molecule has 21 heavy (non-hydrogen) atoms. The van der Waals surface area contributed by atoms with Crippen molar-refractivity contribution >= 4 is 5.78 Å². The Hall–Kier alpha value is -2.49. The third-order valence-electron chi connectivity index (χ3n) is 3.24. The van der Waals surface area contributed by atoms with Gasteiger partial charge < -0.3 is 14.2 Å². The fraction of sp³-hybridized carbons (Fsp3) is 0.235. The van der Waals surface area contributed by atoms with Crippen molar-refractivity contribution in [3.05, 3.63) is 53.1 Å². The third kappa shape index (κ3) is 2.99. The summed E-state index contributed by atoms with van der Waals surface area (Å²) in [6, 6.07) is 10.7. The Morgan fingerprint density at radius 1 is 0.810 bits per heavy atom. The van der Waals surface area contributed by atoms with Crippen LogP contribution in [-0.2, 0) is 0 Å². The summed E-state index contributed by atoms with van der Waals surface area (Å²) >= 11 is 0. The molecule has 0 unspecified atom stereocenters. The van der Waals surface area contributed by atoms with Crippen LogP contribution in [0.2, 0.25) is 0 Å². The second kappa shape index (κ2) is 6.31. The van der Waals surface area contributed by atoms with E-state index < -0.39 is 0 Å². The molecular formula is C17H18O4. The van der Waals surface area contributed by atoms with Gasteiger partial charge in [0.2, 0.25) is 5.75 Å². The Morgan fingerprint density at radius 3 is 1.76 bits per heavy atom. The third-order valence-corrected chi connectivity index (χ3v) is 3.24. The Kier molecular flexibility index (Phi) is 4.48. The molecule has 0 saturated carbocycles. The highest BCUT2D eigenvalue weighted by Crippen LogP contribution is 2.38. The van der Waals surface area contributed by atoms with Gasteiger partial charge in [-0.25, -0.2) is 0 Å². The predicted molar refractivity (Wildman–Crippen MR) is 80.7 cm³/mol. The molecule has 2 aromatic rings. The van der Waals surface area contributed by atoms with E-state index in [1.807, 2.05) is 19.1 Å². The molecule has 0 heterocycles. The van der Waals surface area contributed by atoms with Gasteiger partial charge in [0, 0.05) is 11.1 Å². The molecule has 0 N–H and O–H groups in total. The summed E-state index contributed by atoms with van der Waals surface area (Å²) in [5, 5.41) is 0. The van der Waals surface area contributed by atoms with Crippen LogP contribution in [0.15, 0.2) is 36.4 Å². The molecule has 0 aliphatic carbocycles. The lowest BCUT2D eigenvalue weighted by atomic mass is 10.0. The second-order valence-electron chi connectivity index (χ2n) is 4.61. The molecule has 4 nitrogen and oxygen atoms in total. The summed E-state index contributed by atoms with van der Waals surface area (Å²) < 4.78 is 15.8. The van der Waals surface area contributed by atoms with Crippen LogP contribution in [0.1, 0.15) is 21.5 Å². The number of carbonyl (C=O) groups excluding carboxylic acids is 1. The largest absolute Gasteiger partial charge is 0.493 e. The number of methoxy groups -OCH3 is 3. The molecule has 0 atom stereocenters. The van der Waals surface area contributed by atoms with Gasteiger partial charge in [-0.1, -0.05) is 29.8 Å². The average molecular weight is 286 g/mol. The number of ketones is 1. The minimum absolute atomic E-state index is 0.0887. The van der Waals surface area contributed by atoms with Crippen LogP contribution in [0.5, 0.6) is 17.2 Å². The van der Waals surface area contributed by atoms with Crippen molar-refractivity contribution < 1.29 is 19.0 Å². The number of carbonyl (C=O) groups is 1. The summed E-state index contributed by atoms with van der Waals surface area (Å²) in [6.07, 6.45) is 0. The number of benzene rings is 2. The molecule has 2 aromatic carbocycles. The van der Waals surface area contributed by atoms with E-state index in [0.717, 1.165) is 5.56 Å². The van der Waals surface area contributed by atoms with E-state index in [1.54, 1.807) is 24.3 Å². The Balaban J connectivity index is 2.48. The van der Waals surface area contributed by atoms with E-state index in [1.165, 1.54) is 21.3 Å². The first-order chi connectivity index (χ1) is 10.1. The molecule has 0 amide bonds. The normalized spacial score (nSPS) is 10.1. The molecule has 4 heteroatoms. The highest BCUT2D eigenvalue weighted by atomic mass is 16.5. The van der Waals surface area contributed by atoms with Gasteiger partial charge in [-0.05, 0) is 19.1 Å². The van der Waals surface area contributed by atoms with Crippen LogP contribution in [0.3, 0.4) is 0 Å². The quantitative estimate of drug-likeness (QED) is 0.791. The van der Waals surface area contributed by atoms with Crippen molar-refractivity contribution in [1.82, 2.24) is 0 Å². The van der Waals surface area contributed by atoms with Gasteiger partial charge in [-0.15, -0.1) is 0 Å². The molecule has 0 bridgehead atoms. The maximum Gasteiger partial charge on any atom is 0.203 e. The molecule has 0 fully saturated rings. The first kappa shape index (κ1) is 14.9. The van der Waals surface area contributed by atoms with Crippen LogP contribution < -0.4 is 14.2 Å². The minimum atomic E-state index is -0.0887. The lowest BCUT2D eigenvalue weighted by molar-refractivity contribution is 0.103. The van der Waals surface area contributed by atoms with E-state index in [-0.39, 0.29) is 5.78 Å².